The molecule has 3 rings (SSSR count). The van der Waals surface area contributed by atoms with E-state index in [-0.39, 0.29) is 18.2 Å². The van der Waals surface area contributed by atoms with Gasteiger partial charge < -0.3 is 15.1 Å². The molecule has 1 atom stereocenters. The monoisotopic (exact) mass is 358 g/mol. The maximum atomic E-state index is 12.6. The van der Waals surface area contributed by atoms with Gasteiger partial charge in [-0.3, -0.25) is 14.9 Å². The molecule has 0 aromatic heterocycles. The van der Waals surface area contributed by atoms with Crippen molar-refractivity contribution in [2.24, 2.45) is 4.99 Å². The number of rotatable bonds is 4. The Bertz CT molecular complexity index is 678. The highest BCUT2D eigenvalue weighted by molar-refractivity contribution is 6.05. The van der Waals surface area contributed by atoms with Crippen molar-refractivity contribution in [3.05, 3.63) is 29.8 Å². The molecule has 1 aromatic rings. The van der Waals surface area contributed by atoms with Gasteiger partial charge in [-0.2, -0.15) is 0 Å². The number of likely N-dealkylation sites (N-methyl/N-ethyl adjacent to an activating group) is 1. The van der Waals surface area contributed by atoms with E-state index in [2.05, 4.69) is 34.4 Å². The zero-order valence-corrected chi connectivity index (χ0v) is 15.5. The largest absolute Gasteiger partial charge is 0.332 e. The van der Waals surface area contributed by atoms with Gasteiger partial charge in [0.15, 0.2) is 0 Å². The van der Waals surface area contributed by atoms with Gasteiger partial charge >= 0.3 is 0 Å². The van der Waals surface area contributed by atoms with Crippen molar-refractivity contribution in [1.29, 1.82) is 0 Å². The lowest BCUT2D eigenvalue weighted by Gasteiger charge is -2.35. The first-order chi connectivity index (χ1) is 12.6. The molecule has 1 fully saturated rings. The average molecular weight is 358 g/mol. The second-order valence-electron chi connectivity index (χ2n) is 6.85. The van der Waals surface area contributed by atoms with Crippen molar-refractivity contribution in [2.75, 3.05) is 38.0 Å². The molecule has 7 nitrogen and oxygen atoms in total. The van der Waals surface area contributed by atoms with Crippen molar-refractivity contribution in [3.63, 3.8) is 0 Å². The lowest BCUT2D eigenvalue weighted by atomic mass is 10.1. The van der Waals surface area contributed by atoms with Crippen LogP contribution in [0.15, 0.2) is 29.3 Å². The predicted octanol–water partition coefficient (Wildman–Crippen LogP) is -0.348. The Balaban J connectivity index is 1.65. The number of quaternary nitrogens is 1. The number of benzene rings is 1. The van der Waals surface area contributed by atoms with E-state index in [0.29, 0.717) is 5.96 Å². The van der Waals surface area contributed by atoms with Crippen LogP contribution in [0.5, 0.6) is 0 Å². The molecule has 0 aliphatic carbocycles. The van der Waals surface area contributed by atoms with Crippen molar-refractivity contribution in [2.45, 2.75) is 32.7 Å². The predicted molar refractivity (Wildman–Crippen MR) is 101 cm³/mol. The Hall–Kier alpha value is -2.41. The van der Waals surface area contributed by atoms with Gasteiger partial charge in [0, 0.05) is 5.69 Å². The third kappa shape index (κ3) is 4.40. The summed E-state index contributed by atoms with van der Waals surface area (Å²) in [5.74, 6) is 0.152. The summed E-state index contributed by atoms with van der Waals surface area (Å²) in [6.45, 7) is 9.10. The summed E-state index contributed by atoms with van der Waals surface area (Å²) in [6, 6.07) is 7.08. The summed E-state index contributed by atoms with van der Waals surface area (Å²) in [5, 5.41) is 5.70. The topological polar surface area (TPSA) is 78.2 Å². The van der Waals surface area contributed by atoms with E-state index in [1.165, 1.54) is 5.56 Å². The molecule has 0 saturated carbocycles. The van der Waals surface area contributed by atoms with Crippen molar-refractivity contribution in [3.8, 4) is 0 Å². The van der Waals surface area contributed by atoms with Gasteiger partial charge in [-0.15, -0.1) is 0 Å². The molecule has 2 aliphatic rings. The fraction of sp³-hybridized carbons (Fsp3) is 0.526. The number of guanidine groups is 1. The highest BCUT2D eigenvalue weighted by Gasteiger charge is 2.31. The number of hydrogen-bond donors (Lipinski definition) is 3. The fourth-order valence-electron chi connectivity index (χ4n) is 3.33. The van der Waals surface area contributed by atoms with Crippen LogP contribution < -0.4 is 15.5 Å². The number of aliphatic imine (C=N–C) groups is 1. The van der Waals surface area contributed by atoms with Gasteiger partial charge in [-0.25, -0.2) is 4.99 Å². The molecular formula is C19H28N5O2+. The second-order valence-corrected chi connectivity index (χ2v) is 6.85. The van der Waals surface area contributed by atoms with Crippen LogP contribution in [0.4, 0.5) is 5.69 Å². The van der Waals surface area contributed by atoms with E-state index < -0.39 is 6.04 Å². The summed E-state index contributed by atoms with van der Waals surface area (Å²) in [5.41, 5.74) is 1.95. The van der Waals surface area contributed by atoms with Crippen LogP contribution in [0, 0.1) is 0 Å². The molecule has 0 bridgehead atoms. The number of aryl methyl sites for hydroxylation is 1. The van der Waals surface area contributed by atoms with Crippen LogP contribution in [0.2, 0.25) is 0 Å². The number of piperazine rings is 1. The minimum atomic E-state index is -0.679. The SMILES string of the molecule is CCc1ccc(NC(=O)[C@@H]2CC(=O)NC(N3CC[NH+](CC)CC3)=N2)cc1. The number of carbonyl (C=O) groups is 2. The van der Waals surface area contributed by atoms with E-state index >= 15 is 0 Å². The molecule has 3 N–H and O–H groups in total. The minimum absolute atomic E-state index is 0.0859. The first-order valence-electron chi connectivity index (χ1n) is 9.45. The number of anilines is 1. The Morgan fingerprint density at radius 3 is 2.58 bits per heavy atom. The van der Waals surface area contributed by atoms with Gasteiger partial charge in [0.05, 0.1) is 39.1 Å². The molecule has 1 saturated heterocycles. The molecule has 7 heteroatoms. The fourth-order valence-corrected chi connectivity index (χ4v) is 3.33. The van der Waals surface area contributed by atoms with Gasteiger partial charge in [-0.05, 0) is 31.0 Å². The average Bonchev–Trinajstić information content (AvgIpc) is 2.68. The van der Waals surface area contributed by atoms with Crippen molar-refractivity contribution < 1.29 is 14.5 Å². The molecule has 2 amide bonds. The molecule has 1 aromatic carbocycles. The Morgan fingerprint density at radius 2 is 1.96 bits per heavy atom. The van der Waals surface area contributed by atoms with Crippen LogP contribution in [0.25, 0.3) is 0 Å². The second kappa shape index (κ2) is 8.31. The van der Waals surface area contributed by atoms with E-state index in [9.17, 15) is 9.59 Å². The number of hydrogen-bond acceptors (Lipinski definition) is 4. The Morgan fingerprint density at radius 1 is 1.27 bits per heavy atom. The number of carbonyl (C=O) groups excluding carboxylic acids is 2. The summed E-state index contributed by atoms with van der Waals surface area (Å²) in [6.07, 6.45) is 1.04. The zero-order valence-electron chi connectivity index (χ0n) is 15.5. The van der Waals surface area contributed by atoms with Gasteiger partial charge in [0.2, 0.25) is 17.8 Å². The Kier molecular flexibility index (Phi) is 5.88. The minimum Gasteiger partial charge on any atom is -0.332 e. The van der Waals surface area contributed by atoms with Crippen LogP contribution >= 0.6 is 0 Å². The first-order valence-corrected chi connectivity index (χ1v) is 9.45. The molecule has 0 unspecified atom stereocenters. The number of nitrogens with one attached hydrogen (secondary N) is 3. The maximum Gasteiger partial charge on any atom is 0.249 e. The normalized spacial score (nSPS) is 21.2. The van der Waals surface area contributed by atoms with Crippen LogP contribution in [0.3, 0.4) is 0 Å². The van der Waals surface area contributed by atoms with Crippen LogP contribution in [-0.2, 0) is 16.0 Å². The van der Waals surface area contributed by atoms with Gasteiger partial charge in [-0.1, -0.05) is 19.1 Å². The quantitative estimate of drug-likeness (QED) is 0.689. The summed E-state index contributed by atoms with van der Waals surface area (Å²) < 4.78 is 0. The molecular weight excluding hydrogens is 330 g/mol. The third-order valence-electron chi connectivity index (χ3n) is 5.11. The third-order valence-corrected chi connectivity index (χ3v) is 5.11. The number of nitrogens with zero attached hydrogens (tertiary/aromatic N) is 2. The Labute approximate surface area is 154 Å². The summed E-state index contributed by atoms with van der Waals surface area (Å²) in [7, 11) is 0. The van der Waals surface area contributed by atoms with Gasteiger partial charge in [0.25, 0.3) is 0 Å². The number of amides is 2. The summed E-state index contributed by atoms with van der Waals surface area (Å²) in [4.78, 5) is 32.8. The smallest absolute Gasteiger partial charge is 0.249 e. The molecule has 2 heterocycles. The van der Waals surface area contributed by atoms with Crippen LogP contribution in [0.1, 0.15) is 25.8 Å². The standard InChI is InChI=1S/C19H27N5O2/c1-3-14-5-7-15(8-6-14)20-18(26)16-13-17(25)22-19(21-16)24-11-9-23(4-2)10-12-24/h5-8,16H,3-4,9-13H2,1-2H3,(H,20,26)(H,21,22,25)/p+1/t16-/m0/s1. The van der Waals surface area contributed by atoms with Crippen molar-refractivity contribution in [1.82, 2.24) is 10.2 Å². The van der Waals surface area contributed by atoms with E-state index in [1.54, 1.807) is 4.90 Å². The highest BCUT2D eigenvalue weighted by atomic mass is 16.2. The zero-order chi connectivity index (χ0) is 18.5. The van der Waals surface area contributed by atoms with E-state index in [4.69, 9.17) is 0 Å². The molecule has 0 spiro atoms. The van der Waals surface area contributed by atoms with E-state index in [0.717, 1.165) is 44.8 Å². The van der Waals surface area contributed by atoms with E-state index in [1.807, 2.05) is 24.3 Å². The lowest BCUT2D eigenvalue weighted by molar-refractivity contribution is -0.902. The van der Waals surface area contributed by atoms with Crippen LogP contribution in [-0.4, -0.2) is 61.4 Å². The molecule has 140 valence electrons. The molecule has 2 aliphatic heterocycles. The molecule has 26 heavy (non-hydrogen) atoms. The van der Waals surface area contributed by atoms with Gasteiger partial charge in [0.1, 0.15) is 6.04 Å². The lowest BCUT2D eigenvalue weighted by Crippen LogP contribution is -3.14. The van der Waals surface area contributed by atoms with Crippen molar-refractivity contribution >= 4 is 23.5 Å². The highest BCUT2D eigenvalue weighted by Crippen LogP contribution is 2.13. The molecule has 0 radical (unpaired) electrons. The first kappa shape index (κ1) is 18.4. The maximum absolute atomic E-state index is 12.6. The summed E-state index contributed by atoms with van der Waals surface area (Å²) >= 11 is 0.